The quantitative estimate of drug-likeness (QED) is 0.492. The summed E-state index contributed by atoms with van der Waals surface area (Å²) in [5.41, 5.74) is -0.867. The van der Waals surface area contributed by atoms with Crippen LogP contribution in [0.25, 0.3) is 0 Å². The maximum atomic E-state index is 14.0. The molecule has 2 N–H and O–H groups in total. The Morgan fingerprint density at radius 2 is 2.00 bits per heavy atom. The van der Waals surface area contributed by atoms with E-state index in [2.05, 4.69) is 38.3 Å². The molecule has 1 spiro atoms. The van der Waals surface area contributed by atoms with Gasteiger partial charge in [0.1, 0.15) is 17.5 Å². The van der Waals surface area contributed by atoms with Gasteiger partial charge in [-0.15, -0.1) is 0 Å². The average Bonchev–Trinajstić information content (AvgIpc) is 3.50. The molecule has 6 unspecified atom stereocenters. The fraction of sp³-hybridized carbons (Fsp3) is 0.621. The van der Waals surface area contributed by atoms with E-state index in [1.807, 2.05) is 6.08 Å². The Morgan fingerprint density at radius 1 is 1.24 bits per heavy atom. The molecule has 1 aromatic carbocycles. The number of nitrogens with one attached hydrogen (secondary N) is 2. The number of carbonyl (C=O) groups is 3. The topological polar surface area (TPSA) is 87.7 Å². The minimum atomic E-state index is -1.20. The highest BCUT2D eigenvalue weighted by Gasteiger charge is 2.72. The van der Waals surface area contributed by atoms with Crippen molar-refractivity contribution in [2.75, 3.05) is 11.9 Å². The van der Waals surface area contributed by atoms with Crippen LogP contribution in [0.2, 0.25) is 5.02 Å². The van der Waals surface area contributed by atoms with Gasteiger partial charge in [0, 0.05) is 18.3 Å². The van der Waals surface area contributed by atoms with Crippen LogP contribution in [0.4, 0.5) is 10.1 Å². The van der Waals surface area contributed by atoms with E-state index >= 15 is 0 Å². The standard InChI is InChI=1S/C29H37ClFN3O4/c1-15(2)11-13-34-25(27(36)33-21-7-5-6-16(3)17(21)4)29-12-10-22(38-29)23(24(29)28(34)37)26(35)32-18-8-9-20(31)19(30)14-18/h8-10,12,14-17,21-25H,5-7,11,13H2,1-4H3,(H,32,35)(H,33,36)/t16?,17?,21?,22-,23?,24-,25?,29?/m1/s1. The van der Waals surface area contributed by atoms with Crippen molar-refractivity contribution in [1.29, 1.82) is 0 Å². The van der Waals surface area contributed by atoms with Crippen LogP contribution >= 0.6 is 11.6 Å². The lowest BCUT2D eigenvalue weighted by molar-refractivity contribution is -0.141. The molecule has 1 aliphatic carbocycles. The molecular weight excluding hydrogens is 509 g/mol. The van der Waals surface area contributed by atoms with E-state index in [0.29, 0.717) is 30.0 Å². The zero-order valence-corrected chi connectivity index (χ0v) is 23.1. The van der Waals surface area contributed by atoms with Crippen molar-refractivity contribution in [3.05, 3.63) is 41.2 Å². The van der Waals surface area contributed by atoms with E-state index < -0.39 is 41.3 Å². The third-order valence-electron chi connectivity index (χ3n) is 9.09. The Kier molecular flexibility index (Phi) is 7.33. The van der Waals surface area contributed by atoms with Crippen LogP contribution in [0.15, 0.2) is 30.4 Å². The monoisotopic (exact) mass is 545 g/mol. The van der Waals surface area contributed by atoms with Crippen molar-refractivity contribution in [3.8, 4) is 0 Å². The molecule has 38 heavy (non-hydrogen) atoms. The van der Waals surface area contributed by atoms with Crippen molar-refractivity contribution < 1.29 is 23.5 Å². The van der Waals surface area contributed by atoms with Crippen molar-refractivity contribution in [2.45, 2.75) is 77.2 Å². The number of hydrogen-bond donors (Lipinski definition) is 2. The summed E-state index contributed by atoms with van der Waals surface area (Å²) in [6.07, 6.45) is 6.83. The number of carbonyl (C=O) groups excluding carboxylic acids is 3. The fourth-order valence-corrected chi connectivity index (χ4v) is 6.93. The first-order valence-corrected chi connectivity index (χ1v) is 14.1. The van der Waals surface area contributed by atoms with Crippen molar-refractivity contribution in [3.63, 3.8) is 0 Å². The molecule has 3 amide bonds. The Balaban J connectivity index is 1.43. The number of fused-ring (bicyclic) bond motifs is 1. The second-order valence-corrected chi connectivity index (χ2v) is 12.3. The molecule has 4 aliphatic rings. The van der Waals surface area contributed by atoms with Crippen molar-refractivity contribution >= 4 is 35.0 Å². The van der Waals surface area contributed by atoms with E-state index in [-0.39, 0.29) is 22.9 Å². The lowest BCUT2D eigenvalue weighted by atomic mass is 9.73. The maximum Gasteiger partial charge on any atom is 0.246 e. The Morgan fingerprint density at radius 3 is 2.71 bits per heavy atom. The third kappa shape index (κ3) is 4.53. The Labute approximate surface area is 228 Å². The first-order valence-electron chi connectivity index (χ1n) is 13.8. The van der Waals surface area contributed by atoms with Crippen LogP contribution in [0.1, 0.15) is 53.4 Å². The summed E-state index contributed by atoms with van der Waals surface area (Å²) in [6.45, 7) is 8.95. The molecule has 5 rings (SSSR count). The van der Waals surface area contributed by atoms with E-state index in [0.717, 1.165) is 25.7 Å². The van der Waals surface area contributed by atoms with Gasteiger partial charge in [0.05, 0.1) is 23.0 Å². The molecule has 3 aliphatic heterocycles. The SMILES string of the molecule is CC(C)CCN1C(=O)[C@H]2C(C(=O)Nc3ccc(F)c(Cl)c3)[C@H]3C=CC2(O3)C1C(=O)NC1CCCC(C)C1C. The molecule has 0 radical (unpaired) electrons. The first-order chi connectivity index (χ1) is 18.0. The van der Waals surface area contributed by atoms with E-state index in [1.165, 1.54) is 18.2 Å². The lowest BCUT2D eigenvalue weighted by Gasteiger charge is -2.38. The lowest BCUT2D eigenvalue weighted by Crippen LogP contribution is -2.58. The van der Waals surface area contributed by atoms with Gasteiger partial charge in [-0.25, -0.2) is 4.39 Å². The largest absolute Gasteiger partial charge is 0.359 e. The van der Waals surface area contributed by atoms with E-state index in [4.69, 9.17) is 16.3 Å². The highest BCUT2D eigenvalue weighted by atomic mass is 35.5. The third-order valence-corrected chi connectivity index (χ3v) is 9.38. The summed E-state index contributed by atoms with van der Waals surface area (Å²) in [5.74, 6) is -1.92. The number of rotatable bonds is 7. The highest BCUT2D eigenvalue weighted by Crippen LogP contribution is 2.55. The minimum absolute atomic E-state index is 0.0358. The van der Waals surface area contributed by atoms with E-state index in [1.54, 1.807) is 11.0 Å². The van der Waals surface area contributed by atoms with Crippen LogP contribution in [-0.2, 0) is 19.1 Å². The molecule has 0 aromatic heterocycles. The first kappa shape index (κ1) is 27.1. The molecule has 7 nitrogen and oxygen atoms in total. The molecular formula is C29H37ClFN3O4. The summed E-state index contributed by atoms with van der Waals surface area (Å²) in [6, 6.07) is 3.13. The molecule has 9 heteroatoms. The van der Waals surface area contributed by atoms with Gasteiger partial charge in [-0.3, -0.25) is 14.4 Å². The van der Waals surface area contributed by atoms with Gasteiger partial charge in [-0.1, -0.05) is 64.3 Å². The van der Waals surface area contributed by atoms with Gasteiger partial charge in [0.25, 0.3) is 0 Å². The van der Waals surface area contributed by atoms with Gasteiger partial charge in [-0.2, -0.15) is 0 Å². The number of amides is 3. The number of anilines is 1. The number of hydrogen-bond acceptors (Lipinski definition) is 4. The summed E-state index contributed by atoms with van der Waals surface area (Å²) in [7, 11) is 0. The molecule has 2 saturated heterocycles. The van der Waals surface area contributed by atoms with Gasteiger partial charge in [-0.05, 0) is 48.8 Å². The molecule has 3 heterocycles. The predicted octanol–water partition coefficient (Wildman–Crippen LogP) is 4.56. The number of likely N-dealkylation sites (tertiary alicyclic amines) is 1. The zero-order chi connectivity index (χ0) is 27.4. The maximum absolute atomic E-state index is 14.0. The van der Waals surface area contributed by atoms with E-state index in [9.17, 15) is 18.8 Å². The summed E-state index contributed by atoms with van der Waals surface area (Å²) in [5, 5.41) is 5.94. The second kappa shape index (κ2) is 10.3. The van der Waals surface area contributed by atoms with Gasteiger partial charge < -0.3 is 20.3 Å². The predicted molar refractivity (Wildman–Crippen MR) is 143 cm³/mol. The summed E-state index contributed by atoms with van der Waals surface area (Å²) < 4.78 is 20.0. The summed E-state index contributed by atoms with van der Waals surface area (Å²) in [4.78, 5) is 43.0. The molecule has 3 fully saturated rings. The summed E-state index contributed by atoms with van der Waals surface area (Å²) >= 11 is 5.90. The van der Waals surface area contributed by atoms with Crippen molar-refractivity contribution in [1.82, 2.24) is 10.2 Å². The van der Waals surface area contributed by atoms with Crippen LogP contribution in [-0.4, -0.2) is 53.0 Å². The second-order valence-electron chi connectivity index (χ2n) is 11.9. The molecule has 2 bridgehead atoms. The number of nitrogens with zero attached hydrogens (tertiary/aromatic N) is 1. The average molecular weight is 546 g/mol. The highest BCUT2D eigenvalue weighted by molar-refractivity contribution is 6.31. The van der Waals surface area contributed by atoms with Crippen LogP contribution in [0.3, 0.4) is 0 Å². The molecule has 1 aromatic rings. The molecule has 206 valence electrons. The van der Waals surface area contributed by atoms with Gasteiger partial charge in [0.2, 0.25) is 17.7 Å². The van der Waals surface area contributed by atoms with Crippen molar-refractivity contribution in [2.24, 2.45) is 29.6 Å². The molecule has 1 saturated carbocycles. The number of benzene rings is 1. The van der Waals surface area contributed by atoms with Gasteiger partial charge in [0.15, 0.2) is 0 Å². The fourth-order valence-electron chi connectivity index (χ4n) is 6.75. The minimum Gasteiger partial charge on any atom is -0.359 e. The smallest absolute Gasteiger partial charge is 0.246 e. The number of ether oxygens (including phenoxy) is 1. The van der Waals surface area contributed by atoms with Crippen LogP contribution in [0, 0.1) is 35.4 Å². The number of halogens is 2. The zero-order valence-electron chi connectivity index (χ0n) is 22.4. The Hall–Kier alpha value is -2.45. The van der Waals surface area contributed by atoms with Crippen LogP contribution in [0.5, 0.6) is 0 Å². The van der Waals surface area contributed by atoms with Gasteiger partial charge >= 0.3 is 0 Å². The van der Waals surface area contributed by atoms with Crippen LogP contribution < -0.4 is 10.6 Å². The molecule has 8 atom stereocenters. The normalized spacial score (nSPS) is 35.6. The Bertz CT molecular complexity index is 1160.